The van der Waals surface area contributed by atoms with Crippen molar-refractivity contribution < 1.29 is 23.1 Å². The number of pyridine rings is 2. The Kier molecular flexibility index (Phi) is 6.09. The van der Waals surface area contributed by atoms with Gasteiger partial charge in [-0.25, -0.2) is 9.97 Å². The number of nitrogens with zero attached hydrogens (tertiary/aromatic N) is 3. The predicted octanol–water partition coefficient (Wildman–Crippen LogP) is 3.69. The summed E-state index contributed by atoms with van der Waals surface area (Å²) in [6.07, 6.45) is -2.16. The molecule has 0 fully saturated rings. The highest BCUT2D eigenvalue weighted by Gasteiger charge is 2.32. The van der Waals surface area contributed by atoms with E-state index < -0.39 is 11.9 Å². The largest absolute Gasteiger partial charge is 0.433 e. The monoisotopic (exact) mass is 442 g/mol. The zero-order valence-corrected chi connectivity index (χ0v) is 17.1. The van der Waals surface area contributed by atoms with Crippen LogP contribution in [-0.2, 0) is 19.0 Å². The Bertz CT molecular complexity index is 1130. The third kappa shape index (κ3) is 4.57. The highest BCUT2D eigenvalue weighted by molar-refractivity contribution is 6.07. The van der Waals surface area contributed by atoms with Gasteiger partial charge in [-0.05, 0) is 53.9 Å². The summed E-state index contributed by atoms with van der Waals surface area (Å²) in [5.74, 6) is 0.0264. The van der Waals surface area contributed by atoms with E-state index in [4.69, 9.17) is 0 Å². The minimum Gasteiger partial charge on any atom is -0.395 e. The Labute approximate surface area is 182 Å². The van der Waals surface area contributed by atoms with Gasteiger partial charge in [0.2, 0.25) is 0 Å². The summed E-state index contributed by atoms with van der Waals surface area (Å²) in [4.78, 5) is 22.7. The maximum Gasteiger partial charge on any atom is 0.433 e. The van der Waals surface area contributed by atoms with Crippen LogP contribution < -0.4 is 10.2 Å². The molecule has 2 N–H and O–H groups in total. The van der Waals surface area contributed by atoms with E-state index in [2.05, 4.69) is 15.3 Å². The minimum absolute atomic E-state index is 0.0359. The molecule has 9 heteroatoms. The predicted molar refractivity (Wildman–Crippen MR) is 114 cm³/mol. The van der Waals surface area contributed by atoms with Crippen molar-refractivity contribution >= 4 is 17.4 Å². The maximum atomic E-state index is 13.3. The maximum absolute atomic E-state index is 13.3. The number of rotatable bonds is 6. The molecule has 0 saturated heterocycles. The molecule has 0 saturated carbocycles. The molecule has 0 spiro atoms. The van der Waals surface area contributed by atoms with Gasteiger partial charge < -0.3 is 10.4 Å². The van der Waals surface area contributed by atoms with Crippen molar-refractivity contribution in [3.8, 4) is 0 Å². The topological polar surface area (TPSA) is 78.4 Å². The minimum atomic E-state index is -4.52. The molecular weight excluding hydrogens is 421 g/mol. The van der Waals surface area contributed by atoms with Crippen LogP contribution in [0.1, 0.15) is 32.9 Å². The Balaban J connectivity index is 1.62. The zero-order valence-electron chi connectivity index (χ0n) is 17.1. The van der Waals surface area contributed by atoms with E-state index in [9.17, 15) is 23.1 Å². The number of fused-ring (bicyclic) bond motifs is 1. The first-order chi connectivity index (χ1) is 15.4. The van der Waals surface area contributed by atoms with Crippen molar-refractivity contribution in [2.75, 3.05) is 29.9 Å². The first kappa shape index (κ1) is 21.8. The van der Waals surface area contributed by atoms with Crippen LogP contribution in [0.5, 0.6) is 0 Å². The molecule has 166 valence electrons. The number of amides is 1. The van der Waals surface area contributed by atoms with Gasteiger partial charge in [0.05, 0.1) is 13.2 Å². The Morgan fingerprint density at radius 3 is 2.75 bits per heavy atom. The van der Waals surface area contributed by atoms with Crippen LogP contribution in [-0.4, -0.2) is 40.7 Å². The number of aliphatic hydroxyl groups is 1. The summed E-state index contributed by atoms with van der Waals surface area (Å²) >= 11 is 0. The van der Waals surface area contributed by atoms with E-state index in [1.807, 2.05) is 6.07 Å². The van der Waals surface area contributed by atoms with Crippen LogP contribution in [0.2, 0.25) is 0 Å². The number of carbonyl (C=O) groups is 1. The van der Waals surface area contributed by atoms with E-state index in [1.54, 1.807) is 24.3 Å². The number of carbonyl (C=O) groups excluding carboxylic acids is 1. The molecule has 3 aromatic rings. The normalized spacial score (nSPS) is 12.9. The molecule has 0 radical (unpaired) electrons. The number of hydrogen-bond acceptors (Lipinski definition) is 5. The molecule has 0 bridgehead atoms. The van der Waals surface area contributed by atoms with Gasteiger partial charge in [-0.2, -0.15) is 13.2 Å². The molecule has 1 aromatic carbocycles. The quantitative estimate of drug-likeness (QED) is 0.609. The van der Waals surface area contributed by atoms with Crippen molar-refractivity contribution in [1.29, 1.82) is 0 Å². The van der Waals surface area contributed by atoms with Gasteiger partial charge in [-0.3, -0.25) is 9.69 Å². The van der Waals surface area contributed by atoms with Crippen LogP contribution in [0.15, 0.2) is 54.7 Å². The fourth-order valence-corrected chi connectivity index (χ4v) is 3.77. The van der Waals surface area contributed by atoms with E-state index in [0.29, 0.717) is 16.9 Å². The van der Waals surface area contributed by atoms with Gasteiger partial charge in [0.25, 0.3) is 5.91 Å². The summed E-state index contributed by atoms with van der Waals surface area (Å²) in [5, 5.41) is 12.8. The van der Waals surface area contributed by atoms with E-state index in [0.717, 1.165) is 30.3 Å². The molecule has 0 aliphatic carbocycles. The van der Waals surface area contributed by atoms with Crippen LogP contribution >= 0.6 is 0 Å². The van der Waals surface area contributed by atoms with Crippen LogP contribution in [0.3, 0.4) is 0 Å². The lowest BCUT2D eigenvalue weighted by molar-refractivity contribution is -0.141. The smallest absolute Gasteiger partial charge is 0.395 e. The summed E-state index contributed by atoms with van der Waals surface area (Å²) in [6, 6.07) is 12.5. The standard InChI is InChI=1S/C23H21F3N4O2/c24-23(25,26)20-6-1-3-16(29-20)13-15-7-9-28-21(14-15)30(11-12-31)22(32)18-4-2-5-19-17(18)8-10-27-19/h1-7,9,14,27,31H,8,10-13H2. The molecule has 0 unspecified atom stereocenters. The molecule has 6 nitrogen and oxygen atoms in total. The van der Waals surface area contributed by atoms with Crippen LogP contribution in [0.4, 0.5) is 24.7 Å². The average Bonchev–Trinajstić information content (AvgIpc) is 3.26. The van der Waals surface area contributed by atoms with Crippen molar-refractivity contribution in [3.63, 3.8) is 0 Å². The van der Waals surface area contributed by atoms with Crippen molar-refractivity contribution in [2.24, 2.45) is 0 Å². The van der Waals surface area contributed by atoms with Gasteiger partial charge in [-0.1, -0.05) is 12.1 Å². The molecule has 3 heterocycles. The lowest BCUT2D eigenvalue weighted by Crippen LogP contribution is -2.34. The van der Waals surface area contributed by atoms with Gasteiger partial charge in [-0.15, -0.1) is 0 Å². The summed E-state index contributed by atoms with van der Waals surface area (Å²) in [5.41, 5.74) is 2.32. The number of hydrogen-bond donors (Lipinski definition) is 2. The first-order valence-electron chi connectivity index (χ1n) is 10.1. The van der Waals surface area contributed by atoms with E-state index in [1.165, 1.54) is 23.2 Å². The molecule has 0 atom stereocenters. The number of anilines is 2. The number of aromatic nitrogens is 2. The second-order valence-electron chi connectivity index (χ2n) is 7.40. The second-order valence-corrected chi connectivity index (χ2v) is 7.40. The number of alkyl halides is 3. The Morgan fingerprint density at radius 1 is 1.16 bits per heavy atom. The number of halogens is 3. The molecule has 2 aromatic heterocycles. The molecule has 1 amide bonds. The molecular formula is C23H21F3N4O2. The average molecular weight is 442 g/mol. The summed E-state index contributed by atoms with van der Waals surface area (Å²) in [7, 11) is 0. The zero-order chi connectivity index (χ0) is 22.7. The van der Waals surface area contributed by atoms with Crippen LogP contribution in [0, 0.1) is 0 Å². The fourth-order valence-electron chi connectivity index (χ4n) is 3.77. The van der Waals surface area contributed by atoms with E-state index in [-0.39, 0.29) is 31.2 Å². The molecule has 4 rings (SSSR count). The van der Waals surface area contributed by atoms with Gasteiger partial charge in [0.15, 0.2) is 0 Å². The van der Waals surface area contributed by atoms with Gasteiger partial charge in [0, 0.05) is 36.1 Å². The van der Waals surface area contributed by atoms with Crippen molar-refractivity contribution in [3.05, 3.63) is 82.8 Å². The number of benzene rings is 1. The van der Waals surface area contributed by atoms with Crippen LogP contribution in [0.25, 0.3) is 0 Å². The third-order valence-electron chi connectivity index (χ3n) is 5.23. The molecule has 1 aliphatic heterocycles. The Hall–Kier alpha value is -3.46. The molecule has 1 aliphatic rings. The summed E-state index contributed by atoms with van der Waals surface area (Å²) < 4.78 is 38.9. The lowest BCUT2D eigenvalue weighted by atomic mass is 10.0. The lowest BCUT2D eigenvalue weighted by Gasteiger charge is -2.22. The van der Waals surface area contributed by atoms with Gasteiger partial charge in [0.1, 0.15) is 11.5 Å². The number of aliphatic hydroxyl groups excluding tert-OH is 1. The van der Waals surface area contributed by atoms with Crippen molar-refractivity contribution in [2.45, 2.75) is 19.0 Å². The highest BCUT2D eigenvalue weighted by atomic mass is 19.4. The van der Waals surface area contributed by atoms with Crippen molar-refractivity contribution in [1.82, 2.24) is 9.97 Å². The first-order valence-corrected chi connectivity index (χ1v) is 10.1. The second kappa shape index (κ2) is 8.96. The highest BCUT2D eigenvalue weighted by Crippen LogP contribution is 2.29. The SMILES string of the molecule is O=C(c1cccc2c1CCN2)N(CCO)c1cc(Cc2cccc(C(F)(F)F)n2)ccn1. The fraction of sp³-hybridized carbons (Fsp3) is 0.261. The third-order valence-corrected chi connectivity index (χ3v) is 5.23. The molecule has 32 heavy (non-hydrogen) atoms. The summed E-state index contributed by atoms with van der Waals surface area (Å²) in [6.45, 7) is 0.519. The number of nitrogens with one attached hydrogen (secondary N) is 1. The van der Waals surface area contributed by atoms with E-state index >= 15 is 0 Å². The van der Waals surface area contributed by atoms with Gasteiger partial charge >= 0.3 is 6.18 Å². The Morgan fingerprint density at radius 2 is 1.97 bits per heavy atom.